The summed E-state index contributed by atoms with van der Waals surface area (Å²) in [4.78, 5) is 0. The molecule has 0 N–H and O–H groups in total. The van der Waals surface area contributed by atoms with Crippen LogP contribution in [-0.4, -0.2) is 8.07 Å². The molecule has 0 saturated heterocycles. The Morgan fingerprint density at radius 3 is 2.11 bits per heavy atom. The Bertz CT molecular complexity index is 815. The van der Waals surface area contributed by atoms with Gasteiger partial charge in [-0.25, -0.2) is 0 Å². The van der Waals surface area contributed by atoms with Gasteiger partial charge in [-0.15, -0.1) is 5.54 Å². The van der Waals surface area contributed by atoms with Crippen molar-refractivity contribution >= 4 is 13.6 Å². The van der Waals surface area contributed by atoms with Crippen LogP contribution in [-0.2, 0) is 0 Å². The second-order valence-electron chi connectivity index (χ2n) is 7.53. The van der Waals surface area contributed by atoms with Gasteiger partial charge < -0.3 is 0 Å². The molecule has 0 unspecified atom stereocenters. The van der Waals surface area contributed by atoms with E-state index < -0.39 is 8.07 Å². The monoisotopic (exact) mass is 372 g/mol. The SMILES string of the molecule is CCC/C=C(CCC)/C(=C/[Si](C)(C)C#Cc1ccccc1)c1ccccc1. The Morgan fingerprint density at radius 2 is 1.52 bits per heavy atom. The number of unbranched alkanes of at least 4 members (excludes halogenated alkanes) is 1. The Hall–Kier alpha value is -2.30. The number of hydrogen-bond donors (Lipinski definition) is 0. The zero-order valence-corrected chi connectivity index (χ0v) is 18.3. The van der Waals surface area contributed by atoms with E-state index in [1.807, 2.05) is 6.07 Å². The van der Waals surface area contributed by atoms with Gasteiger partial charge in [-0.3, -0.25) is 0 Å². The molecule has 2 aromatic rings. The zero-order chi connectivity index (χ0) is 19.5. The molecule has 0 nitrogen and oxygen atoms in total. The molecule has 0 heterocycles. The normalized spacial score (nSPS) is 12.4. The Morgan fingerprint density at radius 1 is 0.889 bits per heavy atom. The van der Waals surface area contributed by atoms with Crippen LogP contribution in [0.1, 0.15) is 50.7 Å². The summed E-state index contributed by atoms with van der Waals surface area (Å²) < 4.78 is 0. The molecular weight excluding hydrogens is 340 g/mol. The van der Waals surface area contributed by atoms with Crippen LogP contribution in [0.25, 0.3) is 5.57 Å². The smallest absolute Gasteiger partial charge is 0.121 e. The van der Waals surface area contributed by atoms with E-state index in [1.165, 1.54) is 23.1 Å². The molecule has 0 bridgehead atoms. The summed E-state index contributed by atoms with van der Waals surface area (Å²) >= 11 is 0. The lowest BCUT2D eigenvalue weighted by Gasteiger charge is -2.18. The standard InChI is InChI=1S/C26H32Si/c1-5-7-17-24(14-6-2)26(25-18-12-9-13-19-25)22-27(3,4)21-20-23-15-10-8-11-16-23/h8-13,15-19,22H,5-7,14H2,1-4H3/b24-17+,26-22-. The molecule has 2 aromatic carbocycles. The van der Waals surface area contributed by atoms with Gasteiger partial charge in [0.25, 0.3) is 0 Å². The summed E-state index contributed by atoms with van der Waals surface area (Å²) in [6.45, 7) is 9.20. The van der Waals surface area contributed by atoms with E-state index in [1.54, 1.807) is 0 Å². The van der Waals surface area contributed by atoms with Gasteiger partial charge >= 0.3 is 0 Å². The minimum atomic E-state index is -1.83. The first-order valence-electron chi connectivity index (χ1n) is 10.1. The summed E-state index contributed by atoms with van der Waals surface area (Å²) in [5.41, 5.74) is 11.4. The lowest BCUT2D eigenvalue weighted by atomic mass is 9.95. The number of benzene rings is 2. The lowest BCUT2D eigenvalue weighted by molar-refractivity contribution is 0.898. The molecule has 0 aliphatic heterocycles. The summed E-state index contributed by atoms with van der Waals surface area (Å²) in [6.07, 6.45) is 7.05. The van der Waals surface area contributed by atoms with E-state index in [0.29, 0.717) is 0 Å². The Kier molecular flexibility index (Phi) is 8.36. The van der Waals surface area contributed by atoms with Crippen molar-refractivity contribution < 1.29 is 0 Å². The molecule has 0 radical (unpaired) electrons. The van der Waals surface area contributed by atoms with Gasteiger partial charge in [0.05, 0.1) is 0 Å². The van der Waals surface area contributed by atoms with E-state index in [4.69, 9.17) is 0 Å². The molecular formula is C26H32Si. The minimum Gasteiger partial charge on any atom is -0.121 e. The van der Waals surface area contributed by atoms with E-state index >= 15 is 0 Å². The predicted molar refractivity (Wildman–Crippen MR) is 123 cm³/mol. The molecule has 140 valence electrons. The van der Waals surface area contributed by atoms with Crippen molar-refractivity contribution in [2.45, 2.75) is 52.6 Å². The molecule has 0 spiro atoms. The quantitative estimate of drug-likeness (QED) is 0.269. The van der Waals surface area contributed by atoms with Gasteiger partial charge in [0, 0.05) is 5.56 Å². The van der Waals surface area contributed by atoms with Crippen LogP contribution >= 0.6 is 0 Å². The van der Waals surface area contributed by atoms with Gasteiger partial charge in [0.2, 0.25) is 0 Å². The van der Waals surface area contributed by atoms with E-state index in [9.17, 15) is 0 Å². The zero-order valence-electron chi connectivity index (χ0n) is 17.3. The highest BCUT2D eigenvalue weighted by Gasteiger charge is 2.18. The first-order valence-corrected chi connectivity index (χ1v) is 13.2. The van der Waals surface area contributed by atoms with Crippen molar-refractivity contribution in [3.05, 3.63) is 89.1 Å². The summed E-state index contributed by atoms with van der Waals surface area (Å²) in [5.74, 6) is 3.40. The van der Waals surface area contributed by atoms with Crippen LogP contribution in [0.15, 0.2) is 78.0 Å². The number of rotatable bonds is 7. The number of allylic oxidation sites excluding steroid dienone is 3. The van der Waals surface area contributed by atoms with Crippen molar-refractivity contribution in [3.63, 3.8) is 0 Å². The third-order valence-corrected chi connectivity index (χ3v) is 6.22. The van der Waals surface area contributed by atoms with Crippen molar-refractivity contribution in [2.24, 2.45) is 0 Å². The van der Waals surface area contributed by atoms with Crippen molar-refractivity contribution in [1.29, 1.82) is 0 Å². The molecule has 27 heavy (non-hydrogen) atoms. The third-order valence-electron chi connectivity index (χ3n) is 4.44. The van der Waals surface area contributed by atoms with E-state index in [0.717, 1.165) is 24.8 Å². The molecule has 0 fully saturated rings. The Balaban J connectivity index is 2.46. The van der Waals surface area contributed by atoms with E-state index in [2.05, 4.69) is 105 Å². The second kappa shape index (κ2) is 10.8. The molecule has 0 aliphatic rings. The molecule has 1 heteroatoms. The average molecular weight is 373 g/mol. The van der Waals surface area contributed by atoms with Crippen molar-refractivity contribution in [3.8, 4) is 11.5 Å². The van der Waals surface area contributed by atoms with Gasteiger partial charge in [-0.2, -0.15) is 0 Å². The van der Waals surface area contributed by atoms with Crippen molar-refractivity contribution in [2.75, 3.05) is 0 Å². The topological polar surface area (TPSA) is 0 Å². The van der Waals surface area contributed by atoms with Crippen LogP contribution in [0.5, 0.6) is 0 Å². The van der Waals surface area contributed by atoms with Gasteiger partial charge in [0.1, 0.15) is 0 Å². The van der Waals surface area contributed by atoms with Crippen LogP contribution in [0.4, 0.5) is 0 Å². The molecule has 0 atom stereocenters. The van der Waals surface area contributed by atoms with Gasteiger partial charge in [-0.1, -0.05) is 106 Å². The van der Waals surface area contributed by atoms with Crippen LogP contribution in [0, 0.1) is 11.5 Å². The maximum Gasteiger partial charge on any atom is 0.156 e. The maximum absolute atomic E-state index is 3.61. The van der Waals surface area contributed by atoms with Crippen LogP contribution < -0.4 is 0 Å². The first kappa shape index (κ1) is 21.0. The molecule has 0 amide bonds. The van der Waals surface area contributed by atoms with Gasteiger partial charge in [0.15, 0.2) is 8.07 Å². The first-order chi connectivity index (χ1) is 13.1. The Labute approximate surface area is 167 Å². The molecule has 0 saturated carbocycles. The summed E-state index contributed by atoms with van der Waals surface area (Å²) in [7, 11) is -1.83. The largest absolute Gasteiger partial charge is 0.156 e. The van der Waals surface area contributed by atoms with E-state index in [-0.39, 0.29) is 0 Å². The third kappa shape index (κ3) is 7.08. The van der Waals surface area contributed by atoms with Gasteiger partial charge in [-0.05, 0) is 41.7 Å². The van der Waals surface area contributed by atoms with Crippen molar-refractivity contribution in [1.82, 2.24) is 0 Å². The fraction of sp³-hybridized carbons (Fsp3) is 0.308. The second-order valence-corrected chi connectivity index (χ2v) is 11.5. The van der Waals surface area contributed by atoms with Crippen LogP contribution in [0.3, 0.4) is 0 Å². The summed E-state index contributed by atoms with van der Waals surface area (Å²) in [5, 5.41) is 0. The minimum absolute atomic E-state index is 1.10. The van der Waals surface area contributed by atoms with Crippen LogP contribution in [0.2, 0.25) is 13.1 Å². The maximum atomic E-state index is 3.61. The fourth-order valence-electron chi connectivity index (χ4n) is 3.07. The molecule has 0 aliphatic carbocycles. The highest BCUT2D eigenvalue weighted by molar-refractivity contribution is 6.90. The fourth-order valence-corrected chi connectivity index (χ4v) is 4.68. The molecule has 0 aromatic heterocycles. The predicted octanol–water partition coefficient (Wildman–Crippen LogP) is 7.44. The molecule has 2 rings (SSSR count). The highest BCUT2D eigenvalue weighted by Crippen LogP contribution is 2.29. The highest BCUT2D eigenvalue weighted by atomic mass is 28.3. The average Bonchev–Trinajstić information content (AvgIpc) is 2.69. The summed E-state index contributed by atoms with van der Waals surface area (Å²) in [6, 6.07) is 21.1. The lowest BCUT2D eigenvalue weighted by Crippen LogP contribution is -2.21. The number of hydrogen-bond acceptors (Lipinski definition) is 0.